The van der Waals surface area contributed by atoms with Crippen molar-refractivity contribution in [2.75, 3.05) is 13.1 Å². The molecule has 0 radical (unpaired) electrons. The van der Waals surface area contributed by atoms with Gasteiger partial charge in [-0.1, -0.05) is 35.7 Å². The van der Waals surface area contributed by atoms with E-state index in [-0.39, 0.29) is 0 Å². The second kappa shape index (κ2) is 7.32. The molecular formula is C17H24Cl2N2. The Morgan fingerprint density at radius 3 is 2.81 bits per heavy atom. The summed E-state index contributed by atoms with van der Waals surface area (Å²) in [6.07, 6.45) is 7.72. The van der Waals surface area contributed by atoms with E-state index in [9.17, 15) is 0 Å². The summed E-state index contributed by atoms with van der Waals surface area (Å²) >= 11 is 12.2. The number of hydrogen-bond donors (Lipinski definition) is 2. The van der Waals surface area contributed by atoms with Crippen LogP contribution in [-0.2, 0) is 6.42 Å². The molecule has 3 atom stereocenters. The van der Waals surface area contributed by atoms with Crippen LogP contribution in [0.15, 0.2) is 18.2 Å². The maximum atomic E-state index is 6.23. The molecule has 2 fully saturated rings. The fourth-order valence-electron chi connectivity index (χ4n) is 3.92. The van der Waals surface area contributed by atoms with E-state index in [0.29, 0.717) is 11.1 Å². The van der Waals surface area contributed by atoms with Gasteiger partial charge in [0.05, 0.1) is 0 Å². The summed E-state index contributed by atoms with van der Waals surface area (Å²) in [6, 6.07) is 7.20. The molecule has 0 aromatic heterocycles. The lowest BCUT2D eigenvalue weighted by Crippen LogP contribution is -2.42. The molecule has 2 nitrogen and oxygen atoms in total. The Morgan fingerprint density at radius 2 is 2.05 bits per heavy atom. The van der Waals surface area contributed by atoms with Gasteiger partial charge >= 0.3 is 0 Å². The molecule has 1 saturated heterocycles. The molecular weight excluding hydrogens is 303 g/mol. The lowest BCUT2D eigenvalue weighted by atomic mass is 9.93. The van der Waals surface area contributed by atoms with Crippen molar-refractivity contribution in [2.45, 2.75) is 50.6 Å². The summed E-state index contributed by atoms with van der Waals surface area (Å²) in [7, 11) is 0. The molecule has 1 aromatic rings. The topological polar surface area (TPSA) is 24.1 Å². The van der Waals surface area contributed by atoms with Gasteiger partial charge in [-0.2, -0.15) is 0 Å². The Kier molecular flexibility index (Phi) is 5.44. The predicted octanol–water partition coefficient (Wildman–Crippen LogP) is 4.05. The van der Waals surface area contributed by atoms with Crippen LogP contribution in [0.3, 0.4) is 0 Å². The Morgan fingerprint density at radius 1 is 1.14 bits per heavy atom. The van der Waals surface area contributed by atoms with E-state index in [4.69, 9.17) is 23.2 Å². The lowest BCUT2D eigenvalue weighted by Gasteiger charge is -2.26. The minimum Gasteiger partial charge on any atom is -0.314 e. The maximum absolute atomic E-state index is 6.23. The molecule has 0 bridgehead atoms. The van der Waals surface area contributed by atoms with Crippen molar-refractivity contribution >= 4 is 23.2 Å². The number of nitrogens with one attached hydrogen (secondary N) is 2. The van der Waals surface area contributed by atoms with Crippen LogP contribution >= 0.6 is 23.2 Å². The second-order valence-electron chi connectivity index (χ2n) is 6.34. The predicted molar refractivity (Wildman–Crippen MR) is 90.3 cm³/mol. The largest absolute Gasteiger partial charge is 0.314 e. The van der Waals surface area contributed by atoms with Crippen LogP contribution in [0, 0.1) is 5.92 Å². The molecule has 116 valence electrons. The van der Waals surface area contributed by atoms with Crippen LogP contribution in [0.25, 0.3) is 0 Å². The fourth-order valence-corrected chi connectivity index (χ4v) is 4.42. The minimum atomic E-state index is 0.673. The van der Waals surface area contributed by atoms with E-state index in [1.165, 1.54) is 44.2 Å². The standard InChI is InChI=1S/C17H24Cl2N2/c18-13-7-6-12(15(19)11-13)8-10-21-16-4-1-3-14(16)17-5-2-9-20-17/h6-7,11,14,16-17,20-21H,1-5,8-10H2. The molecule has 1 aliphatic heterocycles. The summed E-state index contributed by atoms with van der Waals surface area (Å²) in [6.45, 7) is 2.20. The third kappa shape index (κ3) is 3.92. The molecule has 21 heavy (non-hydrogen) atoms. The van der Waals surface area contributed by atoms with Crippen molar-refractivity contribution in [1.82, 2.24) is 10.6 Å². The molecule has 0 amide bonds. The van der Waals surface area contributed by atoms with E-state index < -0.39 is 0 Å². The molecule has 1 aliphatic carbocycles. The Balaban J connectivity index is 1.50. The number of hydrogen-bond acceptors (Lipinski definition) is 2. The molecule has 1 saturated carbocycles. The van der Waals surface area contributed by atoms with E-state index in [2.05, 4.69) is 10.6 Å². The quantitative estimate of drug-likeness (QED) is 0.853. The highest BCUT2D eigenvalue weighted by molar-refractivity contribution is 6.35. The SMILES string of the molecule is Clc1ccc(CCNC2CCCC2C2CCCN2)c(Cl)c1. The van der Waals surface area contributed by atoms with E-state index >= 15 is 0 Å². The van der Waals surface area contributed by atoms with Crippen molar-refractivity contribution in [3.63, 3.8) is 0 Å². The lowest BCUT2D eigenvalue weighted by molar-refractivity contribution is 0.322. The number of benzene rings is 1. The third-order valence-corrected chi connectivity index (χ3v) is 5.59. The summed E-state index contributed by atoms with van der Waals surface area (Å²) in [5, 5.41) is 8.93. The monoisotopic (exact) mass is 326 g/mol. The van der Waals surface area contributed by atoms with E-state index in [1.54, 1.807) is 0 Å². The van der Waals surface area contributed by atoms with Crippen LogP contribution in [0.2, 0.25) is 10.0 Å². The van der Waals surface area contributed by atoms with Gasteiger partial charge in [0.2, 0.25) is 0 Å². The van der Waals surface area contributed by atoms with E-state index in [1.807, 2.05) is 18.2 Å². The fraction of sp³-hybridized carbons (Fsp3) is 0.647. The van der Waals surface area contributed by atoms with Gasteiger partial charge in [-0.15, -0.1) is 0 Å². The zero-order valence-corrected chi connectivity index (χ0v) is 13.9. The highest BCUT2D eigenvalue weighted by Gasteiger charge is 2.34. The maximum Gasteiger partial charge on any atom is 0.0453 e. The molecule has 3 rings (SSSR count). The molecule has 1 heterocycles. The highest BCUT2D eigenvalue weighted by Crippen LogP contribution is 2.32. The second-order valence-corrected chi connectivity index (χ2v) is 7.19. The van der Waals surface area contributed by atoms with Gasteiger partial charge in [-0.25, -0.2) is 0 Å². The first kappa shape index (κ1) is 15.6. The molecule has 1 aromatic carbocycles. The first-order valence-electron chi connectivity index (χ1n) is 8.15. The zero-order chi connectivity index (χ0) is 14.7. The third-order valence-electron chi connectivity index (χ3n) is 5.00. The van der Waals surface area contributed by atoms with Crippen LogP contribution < -0.4 is 10.6 Å². The van der Waals surface area contributed by atoms with Gasteiger partial charge in [0.1, 0.15) is 0 Å². The van der Waals surface area contributed by atoms with Crippen molar-refractivity contribution < 1.29 is 0 Å². The first-order valence-corrected chi connectivity index (χ1v) is 8.90. The number of rotatable bonds is 5. The summed E-state index contributed by atoms with van der Waals surface area (Å²) < 4.78 is 0. The normalized spacial score (nSPS) is 29.1. The van der Waals surface area contributed by atoms with Crippen LogP contribution in [-0.4, -0.2) is 25.2 Å². The van der Waals surface area contributed by atoms with Crippen molar-refractivity contribution in [1.29, 1.82) is 0 Å². The smallest absolute Gasteiger partial charge is 0.0453 e. The Labute approximate surface area is 137 Å². The zero-order valence-electron chi connectivity index (χ0n) is 12.4. The minimum absolute atomic E-state index is 0.673. The summed E-state index contributed by atoms with van der Waals surface area (Å²) in [5.74, 6) is 0.813. The first-order chi connectivity index (χ1) is 10.2. The van der Waals surface area contributed by atoms with Gasteiger partial charge in [0, 0.05) is 22.1 Å². The van der Waals surface area contributed by atoms with Gasteiger partial charge in [0.15, 0.2) is 0 Å². The average molecular weight is 327 g/mol. The summed E-state index contributed by atoms with van der Waals surface area (Å²) in [4.78, 5) is 0. The van der Waals surface area contributed by atoms with Crippen molar-refractivity contribution in [3.05, 3.63) is 33.8 Å². The molecule has 0 spiro atoms. The molecule has 3 unspecified atom stereocenters. The Hall–Kier alpha value is -0.280. The van der Waals surface area contributed by atoms with Gasteiger partial charge in [-0.3, -0.25) is 0 Å². The van der Waals surface area contributed by atoms with Gasteiger partial charge < -0.3 is 10.6 Å². The highest BCUT2D eigenvalue weighted by atomic mass is 35.5. The van der Waals surface area contributed by atoms with Crippen LogP contribution in [0.5, 0.6) is 0 Å². The molecule has 2 aliphatic rings. The van der Waals surface area contributed by atoms with Crippen LogP contribution in [0.1, 0.15) is 37.7 Å². The molecule has 2 N–H and O–H groups in total. The summed E-state index contributed by atoms with van der Waals surface area (Å²) in [5.41, 5.74) is 1.18. The number of halogens is 2. The van der Waals surface area contributed by atoms with Crippen LogP contribution in [0.4, 0.5) is 0 Å². The Bertz CT molecular complexity index is 472. The molecule has 4 heteroatoms. The van der Waals surface area contributed by atoms with Crippen molar-refractivity contribution in [3.8, 4) is 0 Å². The van der Waals surface area contributed by atoms with E-state index in [0.717, 1.165) is 29.9 Å². The van der Waals surface area contributed by atoms with Gasteiger partial charge in [0.25, 0.3) is 0 Å². The van der Waals surface area contributed by atoms with Crippen molar-refractivity contribution in [2.24, 2.45) is 5.92 Å². The van der Waals surface area contributed by atoms with Gasteiger partial charge in [-0.05, 0) is 68.8 Å². The average Bonchev–Trinajstić information content (AvgIpc) is 3.11.